The summed E-state index contributed by atoms with van der Waals surface area (Å²) in [6.45, 7) is 4.07. The Balaban J connectivity index is 1.85. The smallest absolute Gasteiger partial charge is 0.343 e. The molecule has 1 unspecified atom stereocenters. The van der Waals surface area contributed by atoms with Crippen LogP contribution in [0.4, 0.5) is 0 Å². The molecule has 2 aromatic carbocycles. The molecule has 4 rings (SSSR count). The van der Waals surface area contributed by atoms with Gasteiger partial charge in [0.1, 0.15) is 16.9 Å². The number of cyclic esters (lactones) is 1. The molecule has 0 bridgehead atoms. The summed E-state index contributed by atoms with van der Waals surface area (Å²) >= 11 is 0. The van der Waals surface area contributed by atoms with Crippen molar-refractivity contribution in [1.82, 2.24) is 0 Å². The van der Waals surface area contributed by atoms with Crippen molar-refractivity contribution in [2.45, 2.75) is 32.0 Å². The first-order valence-electron chi connectivity index (χ1n) is 7.16. The highest BCUT2D eigenvalue weighted by Crippen LogP contribution is 2.46. The van der Waals surface area contributed by atoms with Crippen LogP contribution in [0.1, 0.15) is 47.0 Å². The Morgan fingerprint density at radius 1 is 1.10 bits per heavy atom. The number of rotatable bonds is 1. The van der Waals surface area contributed by atoms with Crippen molar-refractivity contribution < 1.29 is 14.3 Å². The summed E-state index contributed by atoms with van der Waals surface area (Å²) in [6.07, 6.45) is 0.491. The van der Waals surface area contributed by atoms with Gasteiger partial charge >= 0.3 is 5.97 Å². The maximum absolute atomic E-state index is 12.3. The molecular formula is C18H16O3. The number of benzene rings is 2. The fourth-order valence-corrected chi connectivity index (χ4v) is 3.20. The Kier molecular flexibility index (Phi) is 2.43. The lowest BCUT2D eigenvalue weighted by atomic mass is 9.95. The Hall–Kier alpha value is -2.29. The van der Waals surface area contributed by atoms with Crippen LogP contribution < -0.4 is 4.74 Å². The minimum Gasteiger partial charge on any atom is -0.486 e. The van der Waals surface area contributed by atoms with E-state index in [9.17, 15) is 4.79 Å². The fourth-order valence-electron chi connectivity index (χ4n) is 3.20. The zero-order valence-corrected chi connectivity index (χ0v) is 12.1. The fraction of sp³-hybridized carbons (Fsp3) is 0.278. The number of hydrogen-bond donors (Lipinski definition) is 0. The zero-order valence-electron chi connectivity index (χ0n) is 12.1. The third-order valence-corrected chi connectivity index (χ3v) is 4.08. The molecule has 3 heteroatoms. The van der Waals surface area contributed by atoms with Crippen LogP contribution in [0, 0.1) is 0 Å². The lowest BCUT2D eigenvalue weighted by Gasteiger charge is -2.17. The maximum atomic E-state index is 12.3. The Labute approximate surface area is 123 Å². The van der Waals surface area contributed by atoms with Crippen LogP contribution in [0.2, 0.25) is 0 Å². The van der Waals surface area contributed by atoms with Crippen molar-refractivity contribution in [3.05, 3.63) is 64.7 Å². The third kappa shape index (κ3) is 1.84. The molecule has 0 aromatic heterocycles. The highest BCUT2D eigenvalue weighted by molar-refractivity contribution is 5.98. The van der Waals surface area contributed by atoms with Crippen LogP contribution in [-0.4, -0.2) is 11.6 Å². The van der Waals surface area contributed by atoms with E-state index in [1.807, 2.05) is 50.2 Å². The number of carbonyl (C=O) groups is 1. The molecule has 2 aromatic rings. The molecule has 0 amide bonds. The molecule has 3 nitrogen and oxygen atoms in total. The molecule has 0 aliphatic carbocycles. The van der Waals surface area contributed by atoms with Gasteiger partial charge in [0.05, 0.1) is 0 Å². The van der Waals surface area contributed by atoms with E-state index in [2.05, 4.69) is 6.07 Å². The predicted octanol–water partition coefficient (Wildman–Crippen LogP) is 3.66. The SMILES string of the molecule is CC1(C)Cc2ccc3c(c2O1)C(=O)OC3c1ccccc1. The normalized spacial score (nSPS) is 21.4. The maximum Gasteiger partial charge on any atom is 0.343 e. The Morgan fingerprint density at radius 3 is 2.62 bits per heavy atom. The van der Waals surface area contributed by atoms with Gasteiger partial charge in [-0.1, -0.05) is 42.5 Å². The molecule has 0 saturated carbocycles. The van der Waals surface area contributed by atoms with Gasteiger partial charge < -0.3 is 9.47 Å². The van der Waals surface area contributed by atoms with Crippen LogP contribution in [0.15, 0.2) is 42.5 Å². The second-order valence-electron chi connectivity index (χ2n) is 6.25. The Morgan fingerprint density at radius 2 is 1.86 bits per heavy atom. The van der Waals surface area contributed by atoms with Crippen molar-refractivity contribution in [1.29, 1.82) is 0 Å². The standard InChI is InChI=1S/C18H16O3/c1-18(2)10-12-8-9-13-14(16(12)21-18)17(19)20-15(13)11-6-4-3-5-7-11/h3-9,15H,10H2,1-2H3. The topological polar surface area (TPSA) is 35.5 Å². The van der Waals surface area contributed by atoms with Gasteiger partial charge in [-0.3, -0.25) is 0 Å². The van der Waals surface area contributed by atoms with Gasteiger partial charge in [-0.25, -0.2) is 4.79 Å². The molecule has 0 radical (unpaired) electrons. The van der Waals surface area contributed by atoms with E-state index in [-0.39, 0.29) is 17.7 Å². The van der Waals surface area contributed by atoms with E-state index >= 15 is 0 Å². The summed E-state index contributed by atoms with van der Waals surface area (Å²) in [4.78, 5) is 12.3. The minimum atomic E-state index is -0.327. The van der Waals surface area contributed by atoms with Crippen LogP contribution in [0.3, 0.4) is 0 Å². The molecule has 0 N–H and O–H groups in total. The summed E-state index contributed by atoms with van der Waals surface area (Å²) in [5.74, 6) is 0.425. The van der Waals surface area contributed by atoms with Crippen LogP contribution in [0.25, 0.3) is 0 Å². The molecule has 0 spiro atoms. The van der Waals surface area contributed by atoms with Crippen molar-refractivity contribution in [3.8, 4) is 5.75 Å². The monoisotopic (exact) mass is 280 g/mol. The van der Waals surface area contributed by atoms with Crippen LogP contribution in [0.5, 0.6) is 5.75 Å². The second kappa shape index (κ2) is 4.10. The summed E-state index contributed by atoms with van der Waals surface area (Å²) in [5.41, 5.74) is 3.32. The van der Waals surface area contributed by atoms with Gasteiger partial charge in [0.25, 0.3) is 0 Å². The van der Waals surface area contributed by atoms with Crippen LogP contribution in [-0.2, 0) is 11.2 Å². The largest absolute Gasteiger partial charge is 0.486 e. The van der Waals surface area contributed by atoms with Crippen molar-refractivity contribution in [2.24, 2.45) is 0 Å². The highest BCUT2D eigenvalue weighted by atomic mass is 16.6. The molecular weight excluding hydrogens is 264 g/mol. The summed E-state index contributed by atoms with van der Waals surface area (Å²) in [7, 11) is 0. The van der Waals surface area contributed by atoms with Crippen molar-refractivity contribution in [3.63, 3.8) is 0 Å². The third-order valence-electron chi connectivity index (χ3n) is 4.08. The predicted molar refractivity (Wildman–Crippen MR) is 78.6 cm³/mol. The summed E-state index contributed by atoms with van der Waals surface area (Å²) < 4.78 is 11.6. The van der Waals surface area contributed by atoms with Gasteiger partial charge in [-0.05, 0) is 25.0 Å². The van der Waals surface area contributed by atoms with Gasteiger partial charge in [0.15, 0.2) is 6.10 Å². The number of carbonyl (C=O) groups excluding carboxylic acids is 1. The van der Waals surface area contributed by atoms with E-state index in [0.29, 0.717) is 11.3 Å². The van der Waals surface area contributed by atoms with Crippen molar-refractivity contribution in [2.75, 3.05) is 0 Å². The first-order valence-corrected chi connectivity index (χ1v) is 7.16. The van der Waals surface area contributed by atoms with E-state index in [1.165, 1.54) is 0 Å². The zero-order chi connectivity index (χ0) is 14.6. The van der Waals surface area contributed by atoms with Gasteiger partial charge in [0.2, 0.25) is 0 Å². The molecule has 2 aliphatic rings. The lowest BCUT2D eigenvalue weighted by molar-refractivity contribution is 0.0450. The number of hydrogen-bond acceptors (Lipinski definition) is 3. The Bertz CT molecular complexity index is 732. The highest BCUT2D eigenvalue weighted by Gasteiger charge is 2.41. The second-order valence-corrected chi connectivity index (χ2v) is 6.25. The molecule has 1 atom stereocenters. The number of fused-ring (bicyclic) bond motifs is 3. The average molecular weight is 280 g/mol. The van der Waals surface area contributed by atoms with Crippen LogP contribution >= 0.6 is 0 Å². The van der Waals surface area contributed by atoms with E-state index in [0.717, 1.165) is 23.1 Å². The van der Waals surface area contributed by atoms with Crippen molar-refractivity contribution >= 4 is 5.97 Å². The first kappa shape index (κ1) is 12.5. The molecule has 0 fully saturated rings. The molecule has 21 heavy (non-hydrogen) atoms. The average Bonchev–Trinajstić information content (AvgIpc) is 2.95. The summed E-state index contributed by atoms with van der Waals surface area (Å²) in [5, 5.41) is 0. The quantitative estimate of drug-likeness (QED) is 0.748. The van der Waals surface area contributed by atoms with E-state index < -0.39 is 0 Å². The van der Waals surface area contributed by atoms with Gasteiger partial charge in [-0.2, -0.15) is 0 Å². The minimum absolute atomic E-state index is 0.261. The lowest BCUT2D eigenvalue weighted by Crippen LogP contribution is -2.25. The molecule has 106 valence electrons. The van der Waals surface area contributed by atoms with Gasteiger partial charge in [0, 0.05) is 12.0 Å². The molecule has 2 heterocycles. The summed E-state index contributed by atoms with van der Waals surface area (Å²) in [6, 6.07) is 13.9. The molecule has 0 saturated heterocycles. The number of esters is 1. The number of ether oxygens (including phenoxy) is 2. The van der Waals surface area contributed by atoms with E-state index in [4.69, 9.17) is 9.47 Å². The first-order chi connectivity index (χ1) is 10.1. The van der Waals surface area contributed by atoms with Gasteiger partial charge in [-0.15, -0.1) is 0 Å². The molecule has 2 aliphatic heterocycles. The van der Waals surface area contributed by atoms with E-state index in [1.54, 1.807) is 0 Å².